The lowest BCUT2D eigenvalue weighted by molar-refractivity contribution is 0.0685. The van der Waals surface area contributed by atoms with Gasteiger partial charge in [-0.1, -0.05) is 102 Å². The molecular weight excluding hydrogens is 620 g/mol. The van der Waals surface area contributed by atoms with Gasteiger partial charge in [-0.25, -0.2) is 19.6 Å². The zero-order valence-corrected chi connectivity index (χ0v) is 29.7. The predicted octanol–water partition coefficient (Wildman–Crippen LogP) is 10.5. The highest BCUT2D eigenvalue weighted by Crippen LogP contribution is 2.46. The minimum atomic E-state index is -0.915. The maximum absolute atomic E-state index is 12.7. The lowest BCUT2D eigenvalue weighted by Crippen LogP contribution is -2.28. The van der Waals surface area contributed by atoms with Gasteiger partial charge in [-0.15, -0.1) is 0 Å². The van der Waals surface area contributed by atoms with E-state index in [0.29, 0.717) is 45.8 Å². The van der Waals surface area contributed by atoms with E-state index in [2.05, 4.69) is 78.0 Å². The summed E-state index contributed by atoms with van der Waals surface area (Å²) in [6, 6.07) is 23.4. The van der Waals surface area contributed by atoms with Gasteiger partial charge in [0.25, 0.3) is 0 Å². The Labute approximate surface area is 293 Å². The zero-order chi connectivity index (χ0) is 35.5. The molecule has 0 aliphatic heterocycles. The highest BCUT2D eigenvalue weighted by molar-refractivity contribution is 6.07. The minimum absolute atomic E-state index is 0.0185. The Bertz CT molecular complexity index is 2090. The first-order chi connectivity index (χ1) is 23.7. The quantitative estimate of drug-likeness (QED) is 0.198. The van der Waals surface area contributed by atoms with E-state index >= 15 is 0 Å². The number of hydrogen-bond donors (Lipinski definition) is 2. The number of pyridine rings is 2. The maximum atomic E-state index is 12.7. The maximum Gasteiger partial charge on any atom is 0.336 e. The van der Waals surface area contributed by atoms with Gasteiger partial charge >= 0.3 is 11.9 Å². The molecule has 254 valence electrons. The highest BCUT2D eigenvalue weighted by Gasteiger charge is 2.36. The number of aromatic carboxylic acids is 2. The minimum Gasteiger partial charge on any atom is -0.478 e. The van der Waals surface area contributed by atoms with Crippen molar-refractivity contribution in [2.75, 3.05) is 0 Å². The first-order valence-electron chi connectivity index (χ1n) is 17.5. The summed E-state index contributed by atoms with van der Waals surface area (Å²) in [7, 11) is 0. The summed E-state index contributed by atoms with van der Waals surface area (Å²) < 4.78 is 0. The number of para-hydroxylation sites is 2. The number of fused-ring (bicyclic) bond motifs is 4. The van der Waals surface area contributed by atoms with Crippen LogP contribution in [0.1, 0.15) is 109 Å². The summed E-state index contributed by atoms with van der Waals surface area (Å²) in [5.74, 6) is -1.32. The van der Waals surface area contributed by atoms with Gasteiger partial charge in [0, 0.05) is 10.8 Å². The summed E-state index contributed by atoms with van der Waals surface area (Å²) in [5, 5.41) is 22.2. The van der Waals surface area contributed by atoms with E-state index < -0.39 is 11.9 Å². The monoisotopic (exact) mass is 664 g/mol. The van der Waals surface area contributed by atoms with Crippen molar-refractivity contribution >= 4 is 57.0 Å². The summed E-state index contributed by atoms with van der Waals surface area (Å²) in [4.78, 5) is 35.5. The van der Waals surface area contributed by atoms with Crippen molar-refractivity contribution in [3.63, 3.8) is 0 Å². The first kappa shape index (κ1) is 33.4. The van der Waals surface area contributed by atoms with Crippen LogP contribution in [0.4, 0.5) is 0 Å². The van der Waals surface area contributed by atoms with Crippen molar-refractivity contribution in [1.82, 2.24) is 9.97 Å². The van der Waals surface area contributed by atoms with E-state index in [-0.39, 0.29) is 22.7 Å². The van der Waals surface area contributed by atoms with Crippen molar-refractivity contribution in [2.45, 2.75) is 67.2 Å². The smallest absolute Gasteiger partial charge is 0.336 e. The molecule has 0 radical (unpaired) electrons. The lowest BCUT2D eigenvalue weighted by atomic mass is 9.68. The topological polar surface area (TPSA) is 100 Å². The number of benzene rings is 3. The molecule has 50 heavy (non-hydrogen) atoms. The Hall–Kier alpha value is -5.10. The van der Waals surface area contributed by atoms with Gasteiger partial charge < -0.3 is 10.2 Å². The van der Waals surface area contributed by atoms with Crippen LogP contribution in [0.3, 0.4) is 0 Å². The van der Waals surface area contributed by atoms with E-state index in [1.54, 1.807) is 0 Å². The number of rotatable bonds is 4. The Morgan fingerprint density at radius 3 is 1.28 bits per heavy atom. The molecule has 0 bridgehead atoms. The molecule has 0 amide bonds. The first-order valence-corrected chi connectivity index (χ1v) is 17.5. The summed E-state index contributed by atoms with van der Waals surface area (Å²) in [6.45, 7) is 13.3. The highest BCUT2D eigenvalue weighted by atomic mass is 16.4. The van der Waals surface area contributed by atoms with Gasteiger partial charge in [0.05, 0.1) is 33.5 Å². The number of hydrogen-bond acceptors (Lipinski definition) is 4. The molecule has 0 fully saturated rings. The molecule has 2 N–H and O–H groups in total. The van der Waals surface area contributed by atoms with E-state index in [0.717, 1.165) is 57.6 Å². The molecule has 3 aromatic carbocycles. The molecular formula is C44H44N2O4. The van der Waals surface area contributed by atoms with Gasteiger partial charge in [0.15, 0.2) is 0 Å². The normalized spacial score (nSPS) is 19.5. The van der Waals surface area contributed by atoms with E-state index in [9.17, 15) is 19.8 Å². The fourth-order valence-corrected chi connectivity index (χ4v) is 7.85. The van der Waals surface area contributed by atoms with Crippen molar-refractivity contribution in [3.8, 4) is 0 Å². The Balaban J connectivity index is 1.32. The second kappa shape index (κ2) is 12.3. The van der Waals surface area contributed by atoms with Crippen LogP contribution in [0.5, 0.6) is 0 Å². The Morgan fingerprint density at radius 1 is 0.580 bits per heavy atom. The van der Waals surface area contributed by atoms with Crippen molar-refractivity contribution in [3.05, 3.63) is 118 Å². The molecule has 2 aliphatic rings. The number of allylic oxidation sites excluding steroid dienone is 2. The number of aromatic nitrogens is 2. The number of carbonyl (C=O) groups is 2. The third-order valence-electron chi connectivity index (χ3n) is 10.9. The number of nitrogens with zero attached hydrogens (tertiary/aromatic N) is 2. The molecule has 0 saturated carbocycles. The Morgan fingerprint density at radius 2 is 0.940 bits per heavy atom. The van der Waals surface area contributed by atoms with Crippen LogP contribution in [0.2, 0.25) is 0 Å². The average Bonchev–Trinajstić information content (AvgIpc) is 3.06. The van der Waals surface area contributed by atoms with Gasteiger partial charge in [0.1, 0.15) is 0 Å². The van der Waals surface area contributed by atoms with E-state index in [4.69, 9.17) is 9.97 Å². The van der Waals surface area contributed by atoms with E-state index in [1.165, 1.54) is 0 Å². The molecule has 0 saturated heterocycles. The van der Waals surface area contributed by atoms with Gasteiger partial charge in [0.2, 0.25) is 0 Å². The van der Waals surface area contributed by atoms with Crippen LogP contribution in [0, 0.1) is 22.7 Å². The van der Waals surface area contributed by atoms with Crippen LogP contribution < -0.4 is 0 Å². The fourth-order valence-electron chi connectivity index (χ4n) is 7.85. The molecule has 2 atom stereocenters. The fraction of sp³-hybridized carbons (Fsp3) is 0.318. The second-order valence-electron chi connectivity index (χ2n) is 16.2. The molecule has 2 heterocycles. The largest absolute Gasteiger partial charge is 0.478 e. The third kappa shape index (κ3) is 6.12. The van der Waals surface area contributed by atoms with Gasteiger partial charge in [-0.05, 0) is 106 Å². The second-order valence-corrected chi connectivity index (χ2v) is 16.2. The number of carboxylic acid groups (broad SMARTS) is 2. The molecule has 2 aromatic heterocycles. The van der Waals surface area contributed by atoms with E-state index in [1.807, 2.05) is 48.5 Å². The predicted molar refractivity (Wildman–Crippen MR) is 202 cm³/mol. The van der Waals surface area contributed by atoms with Crippen molar-refractivity contribution < 1.29 is 19.8 Å². The molecule has 0 unspecified atom stereocenters. The lowest BCUT2D eigenvalue weighted by Gasteiger charge is -2.36. The van der Waals surface area contributed by atoms with Crippen LogP contribution in [-0.2, 0) is 12.8 Å². The Kier molecular flexibility index (Phi) is 8.25. The van der Waals surface area contributed by atoms with Crippen LogP contribution in [0.15, 0.2) is 72.8 Å². The van der Waals surface area contributed by atoms with Crippen LogP contribution in [0.25, 0.3) is 45.1 Å². The van der Waals surface area contributed by atoms with Crippen molar-refractivity contribution in [2.24, 2.45) is 22.7 Å². The van der Waals surface area contributed by atoms with Crippen LogP contribution in [-0.4, -0.2) is 32.1 Å². The third-order valence-corrected chi connectivity index (χ3v) is 10.9. The van der Waals surface area contributed by atoms with Gasteiger partial charge in [-0.2, -0.15) is 0 Å². The summed E-state index contributed by atoms with van der Waals surface area (Å²) in [5.41, 5.74) is 9.42. The van der Waals surface area contributed by atoms with Crippen LogP contribution >= 0.6 is 0 Å². The molecule has 6 nitrogen and oxygen atoms in total. The summed E-state index contributed by atoms with van der Waals surface area (Å²) >= 11 is 0. The zero-order valence-electron chi connectivity index (χ0n) is 29.7. The molecule has 7 rings (SSSR count). The molecule has 2 aliphatic carbocycles. The summed E-state index contributed by atoms with van der Waals surface area (Å²) in [6.07, 6.45) is 7.30. The number of carboxylic acids is 2. The SMILES string of the molecule is CC(C)(C)[C@@H]1C/C(=C/c2ccc(/C=C3/C[C@H](C(C)(C)C)Cc4c3nc3ccccc3c4C(=O)O)cc2)c2nc3ccccc3c(C(=O)O)c2C1. The standard InChI is InChI=1S/C44H44N2O4/c1-43(2,3)29-21-27(39-33(23-29)37(41(47)48)31-11-7-9-13-35(31)45-39)19-25-15-17-26(18-16-25)20-28-22-30(44(4,5)6)24-34-38(42(49)50)32-12-8-10-14-36(32)46-40(28)34/h7-20,29-30H,21-24H2,1-6H3,(H,47,48)(H,49,50)/b27-19-,28-20-/t29-,30+. The van der Waals surface area contributed by atoms with Gasteiger partial charge in [-0.3, -0.25) is 0 Å². The molecule has 5 aromatic rings. The molecule has 0 spiro atoms. The molecule has 6 heteroatoms. The van der Waals surface area contributed by atoms with Crippen molar-refractivity contribution in [1.29, 1.82) is 0 Å². The average molecular weight is 665 g/mol.